The van der Waals surface area contributed by atoms with Gasteiger partial charge in [0.05, 0.1) is 18.6 Å². The Morgan fingerprint density at radius 3 is 2.42 bits per heavy atom. The molecule has 3 amide bonds. The third kappa shape index (κ3) is 7.16. The minimum atomic E-state index is -1.41. The number of carbonyl (C=O) groups is 4. The van der Waals surface area contributed by atoms with Crippen LogP contribution in [0.1, 0.15) is 49.3 Å². The Labute approximate surface area is 300 Å². The molecule has 0 saturated carbocycles. The Morgan fingerprint density at radius 2 is 1.70 bits per heavy atom. The summed E-state index contributed by atoms with van der Waals surface area (Å²) in [4.78, 5) is 60.5. The summed E-state index contributed by atoms with van der Waals surface area (Å²) in [5.74, 6) is -3.61. The molecular formula is C38H44BrN3O8. The van der Waals surface area contributed by atoms with Crippen molar-refractivity contribution in [3.63, 3.8) is 0 Å². The summed E-state index contributed by atoms with van der Waals surface area (Å²) in [7, 11) is 1.52. The van der Waals surface area contributed by atoms with E-state index in [1.54, 1.807) is 15.9 Å². The number of aliphatic hydroxyl groups is 1. The average Bonchev–Trinajstić information content (AvgIpc) is 3.71. The predicted octanol–water partition coefficient (Wildman–Crippen LogP) is 3.82. The Hall–Kier alpha value is -3.84. The van der Waals surface area contributed by atoms with Crippen LogP contribution in [0.5, 0.6) is 0 Å². The van der Waals surface area contributed by atoms with E-state index in [1.165, 1.54) is 7.11 Å². The molecule has 4 aliphatic rings. The van der Waals surface area contributed by atoms with Crippen LogP contribution in [0.4, 0.5) is 0 Å². The smallest absolute Gasteiger partial charge is 0.313 e. The van der Waals surface area contributed by atoms with Gasteiger partial charge in [-0.3, -0.25) is 19.2 Å². The number of hydrogen-bond donors (Lipinski definition) is 2. The summed E-state index contributed by atoms with van der Waals surface area (Å²) in [6.07, 6.45) is 6.17. The molecule has 6 rings (SSSR count). The molecule has 2 aromatic rings. The van der Waals surface area contributed by atoms with Crippen LogP contribution >= 0.6 is 15.9 Å². The fourth-order valence-corrected chi connectivity index (χ4v) is 8.45. The molecule has 2 N–H and O–H groups in total. The van der Waals surface area contributed by atoms with Crippen molar-refractivity contribution < 1.29 is 38.5 Å². The molecule has 0 aliphatic carbocycles. The average molecular weight is 751 g/mol. The number of benzene rings is 2. The highest BCUT2D eigenvalue weighted by atomic mass is 79.9. The van der Waals surface area contributed by atoms with Crippen molar-refractivity contribution in [3.05, 3.63) is 94.5 Å². The zero-order valence-electron chi connectivity index (χ0n) is 28.1. The summed E-state index contributed by atoms with van der Waals surface area (Å²) in [5.41, 5.74) is 0.161. The van der Waals surface area contributed by atoms with E-state index in [0.29, 0.717) is 35.7 Å². The van der Waals surface area contributed by atoms with Crippen LogP contribution in [0, 0.1) is 11.8 Å². The molecule has 0 aromatic heterocycles. The first-order valence-corrected chi connectivity index (χ1v) is 18.1. The molecule has 50 heavy (non-hydrogen) atoms. The summed E-state index contributed by atoms with van der Waals surface area (Å²) in [6.45, 7) is 0.883. The fourth-order valence-electron chi connectivity index (χ4n) is 7.71. The maximum atomic E-state index is 14.9. The van der Waals surface area contributed by atoms with Gasteiger partial charge < -0.3 is 34.4 Å². The number of likely N-dealkylation sites (tertiary alicyclic amines) is 1. The van der Waals surface area contributed by atoms with E-state index < -0.39 is 47.7 Å². The molecule has 2 saturated heterocycles. The third-order valence-electron chi connectivity index (χ3n) is 9.98. The van der Waals surface area contributed by atoms with E-state index in [1.807, 2.05) is 72.8 Å². The SMILES string of the molecule is COC[C@@H]1NC(=O)CC/C=C\CN(Cc2ccccc2)C(=O)[C@H]2N(CCCCCO)C(=O)[C@@H]3[C@@H](C(=O)O[C@H]1c1ccccc1)[C@@H]1O[C@@]32C=C1Br. The molecule has 1 spiro atoms. The number of halogens is 1. The summed E-state index contributed by atoms with van der Waals surface area (Å²) in [6, 6.07) is 17.0. The van der Waals surface area contributed by atoms with E-state index in [0.717, 1.165) is 5.56 Å². The number of unbranched alkanes of at least 4 members (excludes halogenated alkanes) is 2. The highest BCUT2D eigenvalue weighted by Crippen LogP contribution is 2.59. The van der Waals surface area contributed by atoms with Crippen LogP contribution in [-0.2, 0) is 39.9 Å². The van der Waals surface area contributed by atoms with Gasteiger partial charge >= 0.3 is 5.97 Å². The second-order valence-electron chi connectivity index (χ2n) is 13.3. The Kier molecular flexibility index (Phi) is 11.5. The number of carbonyl (C=O) groups excluding carboxylic acids is 4. The molecule has 11 nitrogen and oxygen atoms in total. The van der Waals surface area contributed by atoms with Gasteiger partial charge in [0, 0.05) is 44.3 Å². The number of cyclic esters (lactones) is 1. The lowest BCUT2D eigenvalue weighted by atomic mass is 9.74. The van der Waals surface area contributed by atoms with Gasteiger partial charge in [-0.05, 0) is 42.9 Å². The minimum absolute atomic E-state index is 0.0293. The lowest BCUT2D eigenvalue weighted by Gasteiger charge is -2.36. The number of nitrogens with zero attached hydrogens (tertiary/aromatic N) is 2. The Balaban J connectivity index is 1.43. The normalized spacial score (nSPS) is 30.6. The van der Waals surface area contributed by atoms with Crippen molar-refractivity contribution in [2.24, 2.45) is 11.8 Å². The molecule has 7 atom stereocenters. The van der Waals surface area contributed by atoms with Gasteiger partial charge in [0.2, 0.25) is 17.7 Å². The van der Waals surface area contributed by atoms with Crippen LogP contribution in [0.15, 0.2) is 83.4 Å². The first kappa shape index (κ1) is 36.0. The van der Waals surface area contributed by atoms with E-state index in [9.17, 15) is 24.3 Å². The number of aliphatic hydroxyl groups excluding tert-OH is 1. The van der Waals surface area contributed by atoms with E-state index in [4.69, 9.17) is 14.2 Å². The highest BCUT2D eigenvalue weighted by Gasteiger charge is 2.75. The molecule has 4 aliphatic heterocycles. The maximum Gasteiger partial charge on any atom is 0.313 e. The van der Waals surface area contributed by atoms with Gasteiger partial charge in [0.25, 0.3) is 0 Å². The number of allylic oxidation sites excluding steroid dienone is 1. The second kappa shape index (κ2) is 16.0. The highest BCUT2D eigenvalue weighted by molar-refractivity contribution is 9.11. The molecule has 0 radical (unpaired) electrons. The largest absolute Gasteiger partial charge is 0.455 e. The zero-order chi connectivity index (χ0) is 35.3. The monoisotopic (exact) mass is 749 g/mol. The van der Waals surface area contributed by atoms with Gasteiger partial charge in [-0.25, -0.2) is 0 Å². The molecule has 5 bridgehead atoms. The number of hydrogen-bond acceptors (Lipinski definition) is 8. The number of nitrogens with one attached hydrogen (secondary N) is 1. The van der Waals surface area contributed by atoms with Crippen molar-refractivity contribution in [2.45, 2.75) is 68.5 Å². The van der Waals surface area contributed by atoms with Crippen LogP contribution in [0.25, 0.3) is 0 Å². The lowest BCUT2D eigenvalue weighted by molar-refractivity contribution is -0.162. The first-order chi connectivity index (χ1) is 24.3. The lowest BCUT2D eigenvalue weighted by Crippen LogP contribution is -2.55. The maximum absolute atomic E-state index is 14.9. The second-order valence-corrected chi connectivity index (χ2v) is 14.2. The number of fused-ring (bicyclic) bond motifs is 2. The fraction of sp³-hybridized carbons (Fsp3) is 0.474. The third-order valence-corrected chi connectivity index (χ3v) is 10.7. The molecule has 12 heteroatoms. The van der Waals surface area contributed by atoms with Crippen LogP contribution in [0.3, 0.4) is 0 Å². The number of methoxy groups -OCH3 is 1. The Morgan fingerprint density at radius 1 is 0.960 bits per heavy atom. The van der Waals surface area contributed by atoms with E-state index in [-0.39, 0.29) is 57.0 Å². The first-order valence-electron chi connectivity index (χ1n) is 17.3. The van der Waals surface area contributed by atoms with Crippen molar-refractivity contribution in [1.82, 2.24) is 15.1 Å². The van der Waals surface area contributed by atoms with Gasteiger partial charge in [-0.2, -0.15) is 0 Å². The van der Waals surface area contributed by atoms with Crippen molar-refractivity contribution in [2.75, 3.05) is 33.4 Å². The van der Waals surface area contributed by atoms with Crippen molar-refractivity contribution >= 4 is 39.6 Å². The minimum Gasteiger partial charge on any atom is -0.455 e. The molecular weight excluding hydrogens is 706 g/mol. The van der Waals surface area contributed by atoms with Gasteiger partial charge in [-0.15, -0.1) is 0 Å². The summed E-state index contributed by atoms with van der Waals surface area (Å²) >= 11 is 3.62. The van der Waals surface area contributed by atoms with Crippen LogP contribution in [0.2, 0.25) is 0 Å². The van der Waals surface area contributed by atoms with Gasteiger partial charge in [0.15, 0.2) is 0 Å². The molecule has 2 aromatic carbocycles. The van der Waals surface area contributed by atoms with Gasteiger partial charge in [-0.1, -0.05) is 88.7 Å². The van der Waals surface area contributed by atoms with Crippen molar-refractivity contribution in [1.29, 1.82) is 0 Å². The summed E-state index contributed by atoms with van der Waals surface area (Å²) in [5, 5.41) is 12.4. The molecule has 2 fully saturated rings. The number of esters is 1. The Bertz CT molecular complexity index is 1600. The zero-order valence-corrected chi connectivity index (χ0v) is 29.7. The van der Waals surface area contributed by atoms with Crippen LogP contribution < -0.4 is 5.32 Å². The van der Waals surface area contributed by atoms with E-state index >= 15 is 0 Å². The predicted molar refractivity (Wildman–Crippen MR) is 187 cm³/mol. The topological polar surface area (TPSA) is 135 Å². The number of ether oxygens (including phenoxy) is 3. The van der Waals surface area contributed by atoms with Gasteiger partial charge in [0.1, 0.15) is 29.8 Å². The molecule has 266 valence electrons. The van der Waals surface area contributed by atoms with E-state index in [2.05, 4.69) is 21.2 Å². The summed E-state index contributed by atoms with van der Waals surface area (Å²) < 4.78 is 19.0. The number of rotatable bonds is 10. The van der Waals surface area contributed by atoms with Crippen molar-refractivity contribution in [3.8, 4) is 0 Å². The van der Waals surface area contributed by atoms with Crippen LogP contribution in [-0.4, -0.2) is 95.8 Å². The quantitative estimate of drug-likeness (QED) is 0.213. The number of amides is 3. The molecule has 4 heterocycles. The standard InChI is InChI=1S/C38H44BrN3O8/c1-48-24-28-32(26-16-8-3-9-17-26)49-37(47)30-31-35(45)42(20-12-5-13-21-43)34(38(31)22-27(39)33(30)50-38)36(46)41(23-25-14-6-2-7-15-25)19-11-4-10-18-29(44)40-28/h2-4,6-9,11,14-17,22,28,30-34,43H,5,10,12-13,18-21,23-24H2,1H3,(H,40,44)/b11-4-/t28-,30+,31-,32-,33+,34+,38-/m0/s1. The molecule has 0 unspecified atom stereocenters.